The van der Waals surface area contributed by atoms with Gasteiger partial charge >= 0.3 is 0 Å². The van der Waals surface area contributed by atoms with Crippen LogP contribution < -0.4 is 5.32 Å². The van der Waals surface area contributed by atoms with Crippen molar-refractivity contribution in [2.24, 2.45) is 0 Å². The lowest BCUT2D eigenvalue weighted by Gasteiger charge is -2.11. The molecule has 2 nitrogen and oxygen atoms in total. The van der Waals surface area contributed by atoms with E-state index in [0.717, 1.165) is 12.0 Å². The number of thioether (sulfide) groups is 1. The molecule has 1 atom stereocenters. The second-order valence-electron chi connectivity index (χ2n) is 5.16. The molecular formula is C17H15Cl2NOS. The molecule has 0 radical (unpaired) electrons. The average molecular weight is 352 g/mol. The molecule has 0 saturated heterocycles. The van der Waals surface area contributed by atoms with Crippen molar-refractivity contribution < 1.29 is 4.79 Å². The Morgan fingerprint density at radius 2 is 1.86 bits per heavy atom. The van der Waals surface area contributed by atoms with Gasteiger partial charge in [-0.2, -0.15) is 0 Å². The largest absolute Gasteiger partial charge is 0.355 e. The molecule has 2 aromatic carbocycles. The molecule has 3 rings (SSSR count). The molecule has 2 aromatic rings. The minimum Gasteiger partial charge on any atom is -0.355 e. The summed E-state index contributed by atoms with van der Waals surface area (Å²) in [6.45, 7) is 0.537. The first-order valence-electron chi connectivity index (χ1n) is 7.10. The van der Waals surface area contributed by atoms with Crippen LogP contribution >= 0.6 is 35.0 Å². The maximum Gasteiger partial charge on any atom is 0.233 e. The molecule has 1 amide bonds. The maximum absolute atomic E-state index is 12.3. The maximum atomic E-state index is 12.3. The molecule has 0 spiro atoms. The highest BCUT2D eigenvalue weighted by atomic mass is 35.5. The van der Waals surface area contributed by atoms with Gasteiger partial charge in [0.2, 0.25) is 5.91 Å². The predicted octanol–water partition coefficient (Wildman–Crippen LogP) is 4.37. The SMILES string of the molecule is O=C(NCCc1c(Cl)cccc1Cl)C1Cc2ccccc2S1. The fraction of sp³-hybridized carbons (Fsp3) is 0.235. The van der Waals surface area contributed by atoms with Gasteiger partial charge in [-0.25, -0.2) is 0 Å². The Balaban J connectivity index is 1.54. The van der Waals surface area contributed by atoms with Gasteiger partial charge in [-0.3, -0.25) is 4.79 Å². The summed E-state index contributed by atoms with van der Waals surface area (Å²) in [6, 6.07) is 13.6. The Kier molecular flexibility index (Phi) is 4.97. The number of carbonyl (C=O) groups is 1. The van der Waals surface area contributed by atoms with Crippen LogP contribution in [0.3, 0.4) is 0 Å². The molecule has 1 unspecified atom stereocenters. The number of hydrogen-bond donors (Lipinski definition) is 1. The van der Waals surface area contributed by atoms with Crippen LogP contribution in [0.15, 0.2) is 47.4 Å². The van der Waals surface area contributed by atoms with E-state index >= 15 is 0 Å². The lowest BCUT2D eigenvalue weighted by atomic mass is 10.1. The van der Waals surface area contributed by atoms with E-state index in [0.29, 0.717) is 23.0 Å². The normalized spacial score (nSPS) is 16.4. The van der Waals surface area contributed by atoms with Crippen LogP contribution in [-0.4, -0.2) is 17.7 Å². The Morgan fingerprint density at radius 3 is 2.59 bits per heavy atom. The summed E-state index contributed by atoms with van der Waals surface area (Å²) in [4.78, 5) is 13.5. The van der Waals surface area contributed by atoms with E-state index in [4.69, 9.17) is 23.2 Å². The average Bonchev–Trinajstić information content (AvgIpc) is 2.94. The van der Waals surface area contributed by atoms with Crippen molar-refractivity contribution in [3.8, 4) is 0 Å². The van der Waals surface area contributed by atoms with Crippen molar-refractivity contribution in [3.63, 3.8) is 0 Å². The number of nitrogens with one attached hydrogen (secondary N) is 1. The van der Waals surface area contributed by atoms with Crippen LogP contribution in [0.4, 0.5) is 0 Å². The smallest absolute Gasteiger partial charge is 0.233 e. The van der Waals surface area contributed by atoms with Gasteiger partial charge in [-0.15, -0.1) is 11.8 Å². The molecule has 0 saturated carbocycles. The summed E-state index contributed by atoms with van der Waals surface area (Å²) in [6.07, 6.45) is 1.42. The van der Waals surface area contributed by atoms with Crippen molar-refractivity contribution in [1.29, 1.82) is 0 Å². The summed E-state index contributed by atoms with van der Waals surface area (Å²) < 4.78 is 0. The van der Waals surface area contributed by atoms with E-state index in [-0.39, 0.29) is 11.2 Å². The monoisotopic (exact) mass is 351 g/mol. The summed E-state index contributed by atoms with van der Waals surface area (Å²) in [5.74, 6) is 0.0735. The van der Waals surface area contributed by atoms with Gasteiger partial charge in [0.25, 0.3) is 0 Å². The molecular weight excluding hydrogens is 337 g/mol. The molecule has 0 fully saturated rings. The number of halogens is 2. The second kappa shape index (κ2) is 6.95. The van der Waals surface area contributed by atoms with E-state index < -0.39 is 0 Å². The van der Waals surface area contributed by atoms with Crippen LogP contribution in [0, 0.1) is 0 Å². The van der Waals surface area contributed by atoms with E-state index in [9.17, 15) is 4.79 Å². The quantitative estimate of drug-likeness (QED) is 0.885. The fourth-order valence-electron chi connectivity index (χ4n) is 2.52. The van der Waals surface area contributed by atoms with Crippen molar-refractivity contribution in [1.82, 2.24) is 5.32 Å². The van der Waals surface area contributed by atoms with Gasteiger partial charge in [-0.1, -0.05) is 47.5 Å². The van der Waals surface area contributed by atoms with E-state index in [1.54, 1.807) is 11.8 Å². The highest BCUT2D eigenvalue weighted by Gasteiger charge is 2.27. The summed E-state index contributed by atoms with van der Waals surface area (Å²) in [5, 5.41) is 4.23. The van der Waals surface area contributed by atoms with Crippen LogP contribution in [0.5, 0.6) is 0 Å². The lowest BCUT2D eigenvalue weighted by molar-refractivity contribution is -0.120. The number of hydrogen-bond acceptors (Lipinski definition) is 2. The Morgan fingerprint density at radius 1 is 1.14 bits per heavy atom. The highest BCUT2D eigenvalue weighted by Crippen LogP contribution is 2.36. The summed E-state index contributed by atoms with van der Waals surface area (Å²) in [7, 11) is 0. The first kappa shape index (κ1) is 15.7. The molecule has 1 aliphatic rings. The topological polar surface area (TPSA) is 29.1 Å². The standard InChI is InChI=1S/C17H15Cl2NOS/c18-13-5-3-6-14(19)12(13)8-9-20-17(21)16-10-11-4-1-2-7-15(11)22-16/h1-7,16H,8-10H2,(H,20,21). The number of rotatable bonds is 4. The fourth-order valence-corrected chi connectivity index (χ4v) is 4.33. The third-order valence-electron chi connectivity index (χ3n) is 3.68. The number of benzene rings is 2. The third kappa shape index (κ3) is 3.43. The Bertz CT molecular complexity index is 660. The molecule has 1 N–H and O–H groups in total. The third-order valence-corrected chi connectivity index (χ3v) is 5.70. The van der Waals surface area contributed by atoms with Gasteiger partial charge < -0.3 is 5.32 Å². The predicted molar refractivity (Wildman–Crippen MR) is 93.0 cm³/mol. The molecule has 5 heteroatoms. The molecule has 1 aliphatic heterocycles. The van der Waals surface area contributed by atoms with Crippen LogP contribution in [0.1, 0.15) is 11.1 Å². The van der Waals surface area contributed by atoms with Gasteiger partial charge in [0.05, 0.1) is 5.25 Å². The van der Waals surface area contributed by atoms with Crippen LogP contribution in [0.2, 0.25) is 10.0 Å². The highest BCUT2D eigenvalue weighted by molar-refractivity contribution is 8.01. The van der Waals surface area contributed by atoms with E-state index in [1.807, 2.05) is 30.3 Å². The van der Waals surface area contributed by atoms with Gasteiger partial charge in [-0.05, 0) is 42.2 Å². The van der Waals surface area contributed by atoms with Gasteiger partial charge in [0.15, 0.2) is 0 Å². The Hall–Kier alpha value is -1.16. The Labute approximate surface area is 144 Å². The second-order valence-corrected chi connectivity index (χ2v) is 7.22. The van der Waals surface area contributed by atoms with Crippen molar-refractivity contribution in [2.45, 2.75) is 23.0 Å². The molecule has 0 aliphatic carbocycles. The number of carbonyl (C=O) groups excluding carboxylic acids is 1. The first-order valence-corrected chi connectivity index (χ1v) is 8.74. The van der Waals surface area contributed by atoms with Crippen molar-refractivity contribution in [3.05, 3.63) is 63.6 Å². The summed E-state index contributed by atoms with van der Waals surface area (Å²) >= 11 is 13.9. The van der Waals surface area contributed by atoms with Crippen LogP contribution in [0.25, 0.3) is 0 Å². The van der Waals surface area contributed by atoms with Crippen molar-refractivity contribution in [2.75, 3.05) is 6.54 Å². The molecule has 114 valence electrons. The van der Waals surface area contributed by atoms with Gasteiger partial charge in [0.1, 0.15) is 0 Å². The minimum atomic E-state index is -0.0425. The number of amides is 1. The molecule has 22 heavy (non-hydrogen) atoms. The molecule has 0 aromatic heterocycles. The molecule has 0 bridgehead atoms. The lowest BCUT2D eigenvalue weighted by Crippen LogP contribution is -2.33. The zero-order valence-corrected chi connectivity index (χ0v) is 14.1. The zero-order valence-electron chi connectivity index (χ0n) is 11.8. The first-order chi connectivity index (χ1) is 10.6. The van der Waals surface area contributed by atoms with Crippen molar-refractivity contribution >= 4 is 40.9 Å². The molecule has 1 heterocycles. The summed E-state index contributed by atoms with van der Waals surface area (Å²) in [5.41, 5.74) is 2.13. The number of fused-ring (bicyclic) bond motifs is 1. The van der Waals surface area contributed by atoms with E-state index in [2.05, 4.69) is 17.4 Å². The zero-order chi connectivity index (χ0) is 15.5. The van der Waals surface area contributed by atoms with E-state index in [1.165, 1.54) is 10.5 Å². The minimum absolute atomic E-state index is 0.0425. The van der Waals surface area contributed by atoms with Crippen LogP contribution in [-0.2, 0) is 17.6 Å². The van der Waals surface area contributed by atoms with Gasteiger partial charge in [0, 0.05) is 21.5 Å².